The van der Waals surface area contributed by atoms with E-state index in [1.807, 2.05) is 36.0 Å². The third-order valence-corrected chi connectivity index (χ3v) is 11.8. The maximum atomic E-state index is 5.08. The number of rotatable bonds is 4. The minimum absolute atomic E-state index is 0.263. The molecule has 50 heavy (non-hydrogen) atoms. The zero-order valence-electron chi connectivity index (χ0n) is 27.3. The minimum Gasteiger partial charge on any atom is -0.228 e. The van der Waals surface area contributed by atoms with E-state index >= 15 is 0 Å². The molecule has 2 aliphatic carbocycles. The molecule has 0 N–H and O–H groups in total. The molecule has 2 heterocycles. The van der Waals surface area contributed by atoms with E-state index in [4.69, 9.17) is 9.97 Å². The van der Waals surface area contributed by atoms with E-state index in [-0.39, 0.29) is 17.3 Å². The predicted octanol–water partition coefficient (Wildman–Crippen LogP) is 11.8. The number of hydrogen-bond acceptors (Lipinski definition) is 3. The molecular weight excluding hydrogens is 625 g/mol. The van der Waals surface area contributed by atoms with Gasteiger partial charge in [0.15, 0.2) is 5.82 Å². The van der Waals surface area contributed by atoms with Gasteiger partial charge in [0.05, 0.1) is 16.8 Å². The first kappa shape index (κ1) is 29.2. The van der Waals surface area contributed by atoms with Gasteiger partial charge >= 0.3 is 0 Å². The number of benzene rings is 6. The predicted molar refractivity (Wildman–Crippen MR) is 205 cm³/mol. The van der Waals surface area contributed by atoms with Gasteiger partial charge in [-0.05, 0) is 51.6 Å². The Morgan fingerprint density at radius 2 is 1.00 bits per heavy atom. The SMILES string of the molecule is C1=CC2c3c(-c4ccc(-c5cc(-c6ccccc6)nc(-c6ccccc6)n5)cc4)cccc3C3(c4ccccc4Sc4ccccc43)C2C=C1. The molecule has 2 atom stereocenters. The lowest BCUT2D eigenvalue weighted by molar-refractivity contribution is 0.442. The summed E-state index contributed by atoms with van der Waals surface area (Å²) < 4.78 is 0. The third kappa shape index (κ3) is 4.43. The summed E-state index contributed by atoms with van der Waals surface area (Å²) in [5.41, 5.74) is 12.9. The molecule has 0 saturated heterocycles. The molecule has 3 heteroatoms. The lowest BCUT2D eigenvalue weighted by atomic mass is 9.63. The van der Waals surface area contributed by atoms with Gasteiger partial charge in [-0.2, -0.15) is 0 Å². The average Bonchev–Trinajstić information content (AvgIpc) is 3.49. The second kappa shape index (κ2) is 11.7. The molecule has 2 nitrogen and oxygen atoms in total. The molecule has 7 aromatic rings. The molecule has 6 aromatic carbocycles. The Kier molecular flexibility index (Phi) is 6.82. The maximum Gasteiger partial charge on any atom is 0.160 e. The van der Waals surface area contributed by atoms with E-state index in [2.05, 4.69) is 158 Å². The molecule has 3 aliphatic rings. The maximum absolute atomic E-state index is 5.08. The zero-order valence-corrected chi connectivity index (χ0v) is 28.1. The van der Waals surface area contributed by atoms with Crippen molar-refractivity contribution < 1.29 is 0 Å². The van der Waals surface area contributed by atoms with E-state index in [1.165, 1.54) is 43.2 Å². The van der Waals surface area contributed by atoms with Crippen LogP contribution < -0.4 is 0 Å². The topological polar surface area (TPSA) is 25.8 Å². The van der Waals surface area contributed by atoms with Crippen LogP contribution in [0.15, 0.2) is 192 Å². The van der Waals surface area contributed by atoms with Gasteiger partial charge in [-0.25, -0.2) is 9.97 Å². The van der Waals surface area contributed by atoms with Crippen LogP contribution in [0.25, 0.3) is 45.0 Å². The van der Waals surface area contributed by atoms with Crippen LogP contribution in [-0.2, 0) is 5.41 Å². The molecule has 0 fully saturated rings. The first-order valence-electron chi connectivity index (χ1n) is 17.2. The molecule has 10 rings (SSSR count). The Balaban J connectivity index is 1.12. The number of fused-ring (bicyclic) bond motifs is 9. The highest BCUT2D eigenvalue weighted by molar-refractivity contribution is 7.99. The number of allylic oxidation sites excluding steroid dienone is 4. The summed E-state index contributed by atoms with van der Waals surface area (Å²) in [6, 6.07) is 56.8. The molecule has 1 spiro atoms. The second-order valence-electron chi connectivity index (χ2n) is 13.3. The van der Waals surface area contributed by atoms with Crippen LogP contribution in [0.4, 0.5) is 0 Å². The van der Waals surface area contributed by atoms with Gasteiger partial charge in [0.1, 0.15) is 0 Å². The molecule has 2 unspecified atom stereocenters. The Bertz CT molecular complexity index is 2360. The van der Waals surface area contributed by atoms with Gasteiger partial charge in [-0.15, -0.1) is 0 Å². The highest BCUT2D eigenvalue weighted by Gasteiger charge is 2.56. The summed E-state index contributed by atoms with van der Waals surface area (Å²) in [7, 11) is 0. The van der Waals surface area contributed by atoms with Gasteiger partial charge in [-0.1, -0.05) is 176 Å². The number of aromatic nitrogens is 2. The lowest BCUT2D eigenvalue weighted by Crippen LogP contribution is -2.37. The van der Waals surface area contributed by atoms with Crippen molar-refractivity contribution >= 4 is 11.8 Å². The third-order valence-electron chi connectivity index (χ3n) is 10.7. The van der Waals surface area contributed by atoms with Gasteiger partial charge in [0.2, 0.25) is 0 Å². The van der Waals surface area contributed by atoms with Crippen molar-refractivity contribution in [1.82, 2.24) is 9.97 Å². The number of nitrogens with zero attached hydrogens (tertiary/aromatic N) is 2. The Hall–Kier alpha value is -5.77. The highest BCUT2D eigenvalue weighted by atomic mass is 32.2. The molecule has 0 bridgehead atoms. The van der Waals surface area contributed by atoms with Gasteiger partial charge < -0.3 is 0 Å². The van der Waals surface area contributed by atoms with Crippen LogP contribution in [0.5, 0.6) is 0 Å². The van der Waals surface area contributed by atoms with E-state index in [1.54, 1.807) is 0 Å². The summed E-state index contributed by atoms with van der Waals surface area (Å²) in [6.45, 7) is 0. The fourth-order valence-corrected chi connectivity index (χ4v) is 9.77. The van der Waals surface area contributed by atoms with Gasteiger partial charge in [-0.3, -0.25) is 0 Å². The summed E-state index contributed by atoms with van der Waals surface area (Å²) in [6.07, 6.45) is 9.39. The van der Waals surface area contributed by atoms with Crippen LogP contribution in [0, 0.1) is 5.92 Å². The first-order chi connectivity index (χ1) is 24.8. The first-order valence-corrected chi connectivity index (χ1v) is 18.1. The molecule has 0 amide bonds. The molecule has 1 aliphatic heterocycles. The summed E-state index contributed by atoms with van der Waals surface area (Å²) >= 11 is 1.90. The molecule has 0 radical (unpaired) electrons. The zero-order chi connectivity index (χ0) is 33.1. The Morgan fingerprint density at radius 1 is 0.460 bits per heavy atom. The molecule has 1 aromatic heterocycles. The van der Waals surface area contributed by atoms with Crippen LogP contribution in [0.2, 0.25) is 0 Å². The van der Waals surface area contributed by atoms with Gasteiger partial charge in [0, 0.05) is 38.3 Å². The monoisotopic (exact) mass is 656 g/mol. The van der Waals surface area contributed by atoms with E-state index in [9.17, 15) is 0 Å². The van der Waals surface area contributed by atoms with E-state index in [0.717, 1.165) is 33.9 Å². The Morgan fingerprint density at radius 3 is 1.68 bits per heavy atom. The average molecular weight is 657 g/mol. The van der Waals surface area contributed by atoms with Crippen LogP contribution in [-0.4, -0.2) is 9.97 Å². The largest absolute Gasteiger partial charge is 0.228 e. The van der Waals surface area contributed by atoms with Gasteiger partial charge in [0.25, 0.3) is 0 Å². The van der Waals surface area contributed by atoms with Crippen molar-refractivity contribution in [2.24, 2.45) is 5.92 Å². The number of hydrogen-bond donors (Lipinski definition) is 0. The van der Waals surface area contributed by atoms with Crippen LogP contribution >= 0.6 is 11.8 Å². The quantitative estimate of drug-likeness (QED) is 0.189. The molecule has 0 saturated carbocycles. The minimum atomic E-state index is -0.266. The van der Waals surface area contributed by atoms with Crippen molar-refractivity contribution in [1.29, 1.82) is 0 Å². The fourth-order valence-electron chi connectivity index (χ4n) is 8.56. The summed E-state index contributed by atoms with van der Waals surface area (Å²) in [5.74, 6) is 1.27. The fraction of sp³-hybridized carbons (Fsp3) is 0.0638. The lowest BCUT2D eigenvalue weighted by Gasteiger charge is -2.43. The summed E-state index contributed by atoms with van der Waals surface area (Å²) in [5, 5.41) is 0. The van der Waals surface area contributed by atoms with Crippen molar-refractivity contribution in [3.05, 3.63) is 204 Å². The second-order valence-corrected chi connectivity index (χ2v) is 14.3. The van der Waals surface area contributed by atoms with Crippen LogP contribution in [0.3, 0.4) is 0 Å². The Labute approximate surface area is 296 Å². The highest BCUT2D eigenvalue weighted by Crippen LogP contribution is 2.65. The smallest absolute Gasteiger partial charge is 0.160 e. The van der Waals surface area contributed by atoms with E-state index in [0.29, 0.717) is 0 Å². The van der Waals surface area contributed by atoms with Crippen molar-refractivity contribution in [3.8, 4) is 45.0 Å². The van der Waals surface area contributed by atoms with Crippen LogP contribution in [0.1, 0.15) is 28.2 Å². The van der Waals surface area contributed by atoms with Crippen molar-refractivity contribution in [3.63, 3.8) is 0 Å². The molecular formula is C47H32N2S. The summed E-state index contributed by atoms with van der Waals surface area (Å²) in [4.78, 5) is 12.8. The van der Waals surface area contributed by atoms with Crippen molar-refractivity contribution in [2.45, 2.75) is 21.1 Å². The van der Waals surface area contributed by atoms with E-state index < -0.39 is 0 Å². The standard InChI is InChI=1S/C47H32N2S/c1-3-14-32(15-4-1)41-30-42(49-46(48-41)34-16-5-2-6-17-34)33-28-26-31(27-29-33)35-19-13-23-40-45(35)36-18-7-8-20-37(36)47(40)38-21-9-11-24-43(38)50-44-25-12-10-22-39(44)47/h1-30,36-37H. The van der Waals surface area contributed by atoms with Crippen molar-refractivity contribution in [2.75, 3.05) is 0 Å². The normalized spacial score (nSPS) is 17.5. The molecule has 236 valence electrons.